The monoisotopic (exact) mass is 339 g/mol. The molecule has 3 heterocycles. The fourth-order valence-corrected chi connectivity index (χ4v) is 3.60. The van der Waals surface area contributed by atoms with Crippen LogP contribution in [0.5, 0.6) is 0 Å². The predicted molar refractivity (Wildman–Crippen MR) is 101 cm³/mol. The van der Waals surface area contributed by atoms with E-state index in [1.807, 2.05) is 12.1 Å². The molecule has 1 fully saturated rings. The van der Waals surface area contributed by atoms with Gasteiger partial charge in [0.05, 0.1) is 10.6 Å². The van der Waals surface area contributed by atoms with Crippen LogP contribution >= 0.6 is 11.3 Å². The lowest BCUT2D eigenvalue weighted by Crippen LogP contribution is -2.44. The van der Waals surface area contributed by atoms with Crippen molar-refractivity contribution in [2.45, 2.75) is 0 Å². The van der Waals surface area contributed by atoms with Crippen LogP contribution in [-0.2, 0) is 0 Å². The van der Waals surface area contributed by atoms with Gasteiger partial charge in [-0.2, -0.15) is 5.10 Å². The van der Waals surface area contributed by atoms with E-state index in [-0.39, 0.29) is 0 Å². The molecule has 0 aliphatic carbocycles. The number of aromatic nitrogens is 2. The van der Waals surface area contributed by atoms with Gasteiger partial charge in [0.15, 0.2) is 5.82 Å². The maximum absolute atomic E-state index is 4.34. The van der Waals surface area contributed by atoms with E-state index in [4.69, 9.17) is 0 Å². The Bertz CT molecular complexity index is 770. The molecular weight excluding hydrogens is 318 g/mol. The third-order valence-corrected chi connectivity index (χ3v) is 5.28. The molecule has 1 saturated heterocycles. The Balaban J connectivity index is 1.42. The number of benzene rings is 1. The first kappa shape index (κ1) is 15.2. The Morgan fingerprint density at radius 3 is 2.58 bits per heavy atom. The van der Waals surface area contributed by atoms with Gasteiger partial charge in [-0.1, -0.05) is 6.07 Å². The van der Waals surface area contributed by atoms with Crippen LogP contribution in [0, 0.1) is 0 Å². The highest BCUT2D eigenvalue weighted by Crippen LogP contribution is 2.26. The molecule has 3 aromatic rings. The number of piperazine rings is 1. The number of anilines is 3. The van der Waals surface area contributed by atoms with Crippen molar-refractivity contribution in [2.75, 3.05) is 43.4 Å². The lowest BCUT2D eigenvalue weighted by Gasteiger charge is -2.34. The SMILES string of the molecule is CN1CCN(c2ccc(Nc3cc(-c4cccs4)[nH]n3)cc2)CC1. The zero-order valence-electron chi connectivity index (χ0n) is 13.7. The first-order chi connectivity index (χ1) is 11.8. The van der Waals surface area contributed by atoms with Crippen molar-refractivity contribution in [1.82, 2.24) is 15.1 Å². The first-order valence-electron chi connectivity index (χ1n) is 8.18. The zero-order chi connectivity index (χ0) is 16.4. The number of hydrogen-bond acceptors (Lipinski definition) is 5. The normalized spacial score (nSPS) is 15.6. The molecule has 0 radical (unpaired) electrons. The maximum atomic E-state index is 4.34. The molecule has 4 rings (SSSR count). The van der Waals surface area contributed by atoms with Crippen LogP contribution in [0.3, 0.4) is 0 Å². The minimum atomic E-state index is 0.839. The Morgan fingerprint density at radius 2 is 1.88 bits per heavy atom. The summed E-state index contributed by atoms with van der Waals surface area (Å²) in [6.45, 7) is 4.43. The molecule has 0 amide bonds. The van der Waals surface area contributed by atoms with Gasteiger partial charge in [-0.05, 0) is 42.8 Å². The van der Waals surface area contributed by atoms with Crippen LogP contribution in [0.2, 0.25) is 0 Å². The van der Waals surface area contributed by atoms with E-state index in [9.17, 15) is 0 Å². The second-order valence-electron chi connectivity index (χ2n) is 6.11. The molecular formula is C18H21N5S. The number of H-pyrrole nitrogens is 1. The molecule has 0 saturated carbocycles. The van der Waals surface area contributed by atoms with Crippen molar-refractivity contribution in [1.29, 1.82) is 0 Å². The molecule has 5 nitrogen and oxygen atoms in total. The molecule has 124 valence electrons. The van der Waals surface area contributed by atoms with E-state index in [0.717, 1.165) is 43.4 Å². The van der Waals surface area contributed by atoms with Crippen molar-refractivity contribution < 1.29 is 0 Å². The number of hydrogen-bond donors (Lipinski definition) is 2. The van der Waals surface area contributed by atoms with Gasteiger partial charge in [0.2, 0.25) is 0 Å². The summed E-state index contributed by atoms with van der Waals surface area (Å²) in [6.07, 6.45) is 0. The third kappa shape index (κ3) is 3.29. The van der Waals surface area contributed by atoms with E-state index in [1.165, 1.54) is 10.6 Å². The van der Waals surface area contributed by atoms with Crippen molar-refractivity contribution in [3.63, 3.8) is 0 Å². The Kier molecular flexibility index (Phi) is 4.23. The minimum Gasteiger partial charge on any atom is -0.369 e. The lowest BCUT2D eigenvalue weighted by molar-refractivity contribution is 0.313. The van der Waals surface area contributed by atoms with Crippen molar-refractivity contribution in [2.24, 2.45) is 0 Å². The Hall–Kier alpha value is -2.31. The van der Waals surface area contributed by atoms with Crippen LogP contribution in [0.1, 0.15) is 0 Å². The number of aromatic amines is 1. The summed E-state index contributed by atoms with van der Waals surface area (Å²) in [4.78, 5) is 6.00. The summed E-state index contributed by atoms with van der Waals surface area (Å²) in [7, 11) is 2.18. The largest absolute Gasteiger partial charge is 0.369 e. The standard InChI is InChI=1S/C18H21N5S/c1-22-8-10-23(11-9-22)15-6-4-14(5-7-15)19-18-13-16(20-21-18)17-3-2-12-24-17/h2-7,12-13H,8-11H2,1H3,(H2,19,20,21). The van der Waals surface area contributed by atoms with E-state index in [0.29, 0.717) is 0 Å². The van der Waals surface area contributed by atoms with Gasteiger partial charge in [0, 0.05) is 43.6 Å². The molecule has 1 aliphatic rings. The van der Waals surface area contributed by atoms with Gasteiger partial charge in [-0.3, -0.25) is 5.10 Å². The molecule has 0 atom stereocenters. The topological polar surface area (TPSA) is 47.2 Å². The van der Waals surface area contributed by atoms with E-state index < -0.39 is 0 Å². The predicted octanol–water partition coefficient (Wildman–Crippen LogP) is 3.63. The molecule has 1 aliphatic heterocycles. The van der Waals surface area contributed by atoms with Gasteiger partial charge in [0.25, 0.3) is 0 Å². The highest BCUT2D eigenvalue weighted by atomic mass is 32.1. The molecule has 1 aromatic carbocycles. The second-order valence-corrected chi connectivity index (χ2v) is 7.05. The van der Waals surface area contributed by atoms with Gasteiger partial charge in [-0.15, -0.1) is 11.3 Å². The number of rotatable bonds is 4. The third-order valence-electron chi connectivity index (χ3n) is 4.37. The molecule has 2 N–H and O–H groups in total. The summed E-state index contributed by atoms with van der Waals surface area (Å²) in [5.41, 5.74) is 3.38. The smallest absolute Gasteiger partial charge is 0.152 e. The first-order valence-corrected chi connectivity index (χ1v) is 9.06. The maximum Gasteiger partial charge on any atom is 0.152 e. The van der Waals surface area contributed by atoms with E-state index in [2.05, 4.69) is 68.1 Å². The van der Waals surface area contributed by atoms with Gasteiger partial charge in [0.1, 0.15) is 0 Å². The van der Waals surface area contributed by atoms with Crippen molar-refractivity contribution in [3.05, 3.63) is 47.8 Å². The molecule has 24 heavy (non-hydrogen) atoms. The van der Waals surface area contributed by atoms with Gasteiger partial charge >= 0.3 is 0 Å². The lowest BCUT2D eigenvalue weighted by atomic mass is 10.2. The van der Waals surface area contributed by atoms with Crippen LogP contribution < -0.4 is 10.2 Å². The Morgan fingerprint density at radius 1 is 1.08 bits per heavy atom. The molecule has 0 spiro atoms. The van der Waals surface area contributed by atoms with Crippen LogP contribution in [-0.4, -0.2) is 48.3 Å². The second kappa shape index (κ2) is 6.67. The van der Waals surface area contributed by atoms with E-state index >= 15 is 0 Å². The van der Waals surface area contributed by atoms with Crippen molar-refractivity contribution >= 4 is 28.5 Å². The highest BCUT2D eigenvalue weighted by Gasteiger charge is 2.14. The van der Waals surface area contributed by atoms with Crippen LogP contribution in [0.25, 0.3) is 10.6 Å². The number of nitrogens with one attached hydrogen (secondary N) is 2. The average molecular weight is 339 g/mol. The molecule has 2 aromatic heterocycles. The van der Waals surface area contributed by atoms with E-state index in [1.54, 1.807) is 11.3 Å². The summed E-state index contributed by atoms with van der Waals surface area (Å²) >= 11 is 1.71. The number of likely N-dealkylation sites (N-methyl/N-ethyl adjacent to an activating group) is 1. The molecule has 0 unspecified atom stereocenters. The summed E-state index contributed by atoms with van der Waals surface area (Å²) < 4.78 is 0. The Labute approximate surface area is 145 Å². The zero-order valence-corrected chi connectivity index (χ0v) is 14.5. The van der Waals surface area contributed by atoms with Gasteiger partial charge < -0.3 is 15.1 Å². The summed E-state index contributed by atoms with van der Waals surface area (Å²) in [5, 5.41) is 12.9. The quantitative estimate of drug-likeness (QED) is 0.762. The van der Waals surface area contributed by atoms with Crippen molar-refractivity contribution in [3.8, 4) is 10.6 Å². The van der Waals surface area contributed by atoms with Crippen LogP contribution in [0.15, 0.2) is 47.8 Å². The number of thiophene rings is 1. The fraction of sp³-hybridized carbons (Fsp3) is 0.278. The average Bonchev–Trinajstić information content (AvgIpc) is 3.28. The minimum absolute atomic E-state index is 0.839. The fourth-order valence-electron chi connectivity index (χ4n) is 2.91. The molecule has 6 heteroatoms. The number of nitrogens with zero attached hydrogens (tertiary/aromatic N) is 3. The molecule has 0 bridgehead atoms. The summed E-state index contributed by atoms with van der Waals surface area (Å²) in [6, 6.07) is 14.8. The summed E-state index contributed by atoms with van der Waals surface area (Å²) in [5.74, 6) is 0.839. The van der Waals surface area contributed by atoms with Gasteiger partial charge in [-0.25, -0.2) is 0 Å². The van der Waals surface area contributed by atoms with Crippen LogP contribution in [0.4, 0.5) is 17.2 Å². The highest BCUT2D eigenvalue weighted by molar-refractivity contribution is 7.13.